The van der Waals surface area contributed by atoms with Crippen molar-refractivity contribution in [3.8, 4) is 22.8 Å². The fourth-order valence-corrected chi connectivity index (χ4v) is 5.63. The Labute approximate surface area is 270 Å². The van der Waals surface area contributed by atoms with E-state index in [-0.39, 0.29) is 18.8 Å². The Morgan fingerprint density at radius 1 is 1.11 bits per heavy atom. The predicted molar refractivity (Wildman–Crippen MR) is 178 cm³/mol. The number of benzene rings is 2. The van der Waals surface area contributed by atoms with Gasteiger partial charge in [-0.2, -0.15) is 5.10 Å². The van der Waals surface area contributed by atoms with E-state index in [9.17, 15) is 9.90 Å². The predicted octanol–water partition coefficient (Wildman–Crippen LogP) is 6.77. The molecular formula is C33H32Cl2N6O4. The van der Waals surface area contributed by atoms with Gasteiger partial charge >= 0.3 is 0 Å². The van der Waals surface area contributed by atoms with E-state index < -0.39 is 0 Å². The Morgan fingerprint density at radius 2 is 1.87 bits per heavy atom. The van der Waals surface area contributed by atoms with Crippen LogP contribution in [-0.2, 0) is 24.3 Å². The lowest BCUT2D eigenvalue weighted by atomic mass is 10.0. The van der Waals surface area contributed by atoms with E-state index in [0.717, 1.165) is 33.2 Å². The number of nitrogens with zero attached hydrogens (tertiary/aromatic N) is 4. The monoisotopic (exact) mass is 646 g/mol. The van der Waals surface area contributed by atoms with Gasteiger partial charge in [-0.3, -0.25) is 9.48 Å². The largest absolute Gasteiger partial charge is 0.495 e. The van der Waals surface area contributed by atoms with E-state index in [2.05, 4.69) is 27.3 Å². The maximum Gasteiger partial charge on any atom is 0.159 e. The van der Waals surface area contributed by atoms with Crippen LogP contribution in [0.25, 0.3) is 22.0 Å². The molecule has 0 saturated carbocycles. The third-order valence-corrected chi connectivity index (χ3v) is 7.97. The van der Waals surface area contributed by atoms with Gasteiger partial charge in [-0.1, -0.05) is 48.0 Å². The molecule has 0 unspecified atom stereocenters. The van der Waals surface area contributed by atoms with Crippen molar-refractivity contribution in [1.82, 2.24) is 19.7 Å². The first-order valence-electron chi connectivity index (χ1n) is 14.0. The number of ether oxygens (including phenoxy) is 2. The molecule has 0 spiro atoms. The number of nitrogens with one attached hydrogen (secondary N) is 2. The average molecular weight is 648 g/mol. The summed E-state index contributed by atoms with van der Waals surface area (Å²) in [6, 6.07) is 11.2. The van der Waals surface area contributed by atoms with Crippen LogP contribution in [0.4, 0.5) is 17.3 Å². The SMILES string of the molecule is C=CC(=O)Cc1cccc(C)c1Nc1cc2c(NCc3cnn(CCO)c3)nc(-c3c(Cl)c(OC)cc(OC)c3Cl)cc2cn1. The van der Waals surface area contributed by atoms with Crippen molar-refractivity contribution in [2.24, 2.45) is 0 Å². The molecule has 0 aliphatic heterocycles. The molecular weight excluding hydrogens is 615 g/mol. The number of hydrogen-bond donors (Lipinski definition) is 3. The number of aromatic nitrogens is 4. The number of hydrogen-bond acceptors (Lipinski definition) is 9. The fraction of sp³-hybridized carbons (Fsp3) is 0.212. The molecule has 5 rings (SSSR count). The molecule has 0 amide bonds. The van der Waals surface area contributed by atoms with Crippen LogP contribution in [-0.4, -0.2) is 51.5 Å². The number of methoxy groups -OCH3 is 2. The van der Waals surface area contributed by atoms with E-state index in [0.29, 0.717) is 57.5 Å². The van der Waals surface area contributed by atoms with Crippen molar-refractivity contribution in [2.75, 3.05) is 31.5 Å². The van der Waals surface area contributed by atoms with Crippen molar-refractivity contribution in [1.29, 1.82) is 0 Å². The molecule has 0 fully saturated rings. The zero-order valence-corrected chi connectivity index (χ0v) is 26.5. The molecule has 0 aliphatic carbocycles. The number of aliphatic hydroxyl groups is 1. The van der Waals surface area contributed by atoms with Gasteiger partial charge in [0.25, 0.3) is 0 Å². The highest BCUT2D eigenvalue weighted by atomic mass is 35.5. The Kier molecular flexibility index (Phi) is 9.87. The zero-order chi connectivity index (χ0) is 32.1. The summed E-state index contributed by atoms with van der Waals surface area (Å²) in [4.78, 5) is 21.8. The Bertz CT molecular complexity index is 1860. The van der Waals surface area contributed by atoms with E-state index in [1.165, 1.54) is 20.3 Å². The highest BCUT2D eigenvalue weighted by Crippen LogP contribution is 2.46. The van der Waals surface area contributed by atoms with E-state index in [4.69, 9.17) is 37.7 Å². The van der Waals surface area contributed by atoms with Crippen LogP contribution in [0, 0.1) is 6.92 Å². The maximum atomic E-state index is 12.2. The molecule has 3 N–H and O–H groups in total. The number of carbonyl (C=O) groups is 1. The van der Waals surface area contributed by atoms with Crippen LogP contribution in [0.3, 0.4) is 0 Å². The van der Waals surface area contributed by atoms with Gasteiger partial charge in [0.05, 0.1) is 49.3 Å². The molecule has 0 saturated heterocycles. The summed E-state index contributed by atoms with van der Waals surface area (Å²) in [7, 11) is 3.03. The number of rotatable bonds is 13. The van der Waals surface area contributed by atoms with Crippen LogP contribution >= 0.6 is 23.2 Å². The van der Waals surface area contributed by atoms with Crippen LogP contribution in [0.15, 0.2) is 67.6 Å². The van der Waals surface area contributed by atoms with Crippen molar-refractivity contribution in [2.45, 2.75) is 26.4 Å². The number of halogens is 2. The second-order valence-corrected chi connectivity index (χ2v) is 11.0. The number of allylic oxidation sites excluding steroid dienone is 1. The van der Waals surface area contributed by atoms with Crippen molar-refractivity contribution in [3.05, 3.63) is 94.4 Å². The normalized spacial score (nSPS) is 11.0. The third kappa shape index (κ3) is 6.88. The van der Waals surface area contributed by atoms with Gasteiger partial charge in [0.1, 0.15) is 23.1 Å². The smallest absolute Gasteiger partial charge is 0.159 e. The summed E-state index contributed by atoms with van der Waals surface area (Å²) in [5.41, 5.74) is 4.44. The number of fused-ring (bicyclic) bond motifs is 1. The first kappa shape index (κ1) is 31.8. The molecule has 0 radical (unpaired) electrons. The molecule has 45 heavy (non-hydrogen) atoms. The second-order valence-electron chi connectivity index (χ2n) is 10.2. The first-order chi connectivity index (χ1) is 21.8. The lowest BCUT2D eigenvalue weighted by Gasteiger charge is -2.17. The number of carbonyl (C=O) groups excluding carboxylic acids is 1. The standard InChI is InChI=1S/C33H32Cl2N6O4/c1-5-23(43)11-21-8-6-7-19(2)32(21)40-28-13-24-22(17-36-28)12-25(29-30(34)26(44-3)14-27(45-4)31(29)35)39-33(24)37-15-20-16-38-41(18-20)9-10-42/h5-8,12-14,16-18,42H,1,9-11,15H2,2-4H3,(H,36,40)(H,37,39). The molecule has 3 aromatic heterocycles. The molecule has 5 aromatic rings. The lowest BCUT2D eigenvalue weighted by molar-refractivity contribution is -0.114. The number of anilines is 3. The summed E-state index contributed by atoms with van der Waals surface area (Å²) in [6.07, 6.45) is 6.86. The third-order valence-electron chi connectivity index (χ3n) is 7.22. The molecule has 0 atom stereocenters. The minimum atomic E-state index is -0.0767. The molecule has 2 aromatic carbocycles. The van der Waals surface area contributed by atoms with Gasteiger partial charge in [-0.25, -0.2) is 9.97 Å². The van der Waals surface area contributed by atoms with Gasteiger partial charge in [0, 0.05) is 59.0 Å². The van der Waals surface area contributed by atoms with Crippen molar-refractivity contribution >= 4 is 57.1 Å². The Morgan fingerprint density at radius 3 is 2.56 bits per heavy atom. The summed E-state index contributed by atoms with van der Waals surface area (Å²) in [5, 5.41) is 22.5. The van der Waals surface area contributed by atoms with Crippen molar-refractivity contribution < 1.29 is 19.4 Å². The fourth-order valence-electron chi connectivity index (χ4n) is 4.94. The van der Waals surface area contributed by atoms with Crippen LogP contribution in [0.1, 0.15) is 16.7 Å². The number of para-hydroxylation sites is 1. The first-order valence-corrected chi connectivity index (χ1v) is 14.8. The van der Waals surface area contributed by atoms with Crippen LogP contribution in [0.5, 0.6) is 11.5 Å². The average Bonchev–Trinajstić information content (AvgIpc) is 3.49. The molecule has 12 heteroatoms. The van der Waals surface area contributed by atoms with Gasteiger partial charge in [0.2, 0.25) is 0 Å². The molecule has 0 aliphatic rings. The van der Waals surface area contributed by atoms with Gasteiger partial charge in [-0.05, 0) is 36.3 Å². The summed E-state index contributed by atoms with van der Waals surface area (Å²) >= 11 is 13.5. The minimum Gasteiger partial charge on any atom is -0.495 e. The molecule has 10 nitrogen and oxygen atoms in total. The zero-order valence-electron chi connectivity index (χ0n) is 25.0. The molecule has 0 bridgehead atoms. The maximum absolute atomic E-state index is 12.2. The molecule has 3 heterocycles. The van der Waals surface area contributed by atoms with Crippen LogP contribution < -0.4 is 20.1 Å². The van der Waals surface area contributed by atoms with Gasteiger partial charge in [0.15, 0.2) is 5.78 Å². The minimum absolute atomic E-state index is 0.0125. The Hall–Kier alpha value is -4.64. The quantitative estimate of drug-likeness (QED) is 0.119. The highest BCUT2D eigenvalue weighted by molar-refractivity contribution is 6.41. The summed E-state index contributed by atoms with van der Waals surface area (Å²) in [5.74, 6) is 1.82. The lowest BCUT2D eigenvalue weighted by Crippen LogP contribution is -2.06. The number of ketones is 1. The summed E-state index contributed by atoms with van der Waals surface area (Å²) in [6.45, 7) is 6.35. The van der Waals surface area contributed by atoms with E-state index >= 15 is 0 Å². The number of aryl methyl sites for hydroxylation is 1. The van der Waals surface area contributed by atoms with E-state index in [1.54, 1.807) is 23.1 Å². The number of aliphatic hydroxyl groups excluding tert-OH is 1. The van der Waals surface area contributed by atoms with Crippen molar-refractivity contribution in [3.63, 3.8) is 0 Å². The highest BCUT2D eigenvalue weighted by Gasteiger charge is 2.22. The second kappa shape index (κ2) is 14.0. The topological polar surface area (TPSA) is 123 Å². The molecule has 232 valence electrons. The van der Waals surface area contributed by atoms with Crippen LogP contribution in [0.2, 0.25) is 10.0 Å². The van der Waals surface area contributed by atoms with Gasteiger partial charge < -0.3 is 25.2 Å². The van der Waals surface area contributed by atoms with Gasteiger partial charge in [-0.15, -0.1) is 0 Å². The number of pyridine rings is 2. The summed E-state index contributed by atoms with van der Waals surface area (Å²) < 4.78 is 12.6. The van der Waals surface area contributed by atoms with E-state index in [1.807, 2.05) is 43.5 Å². The Balaban J connectivity index is 1.62.